The van der Waals surface area contributed by atoms with Crippen molar-refractivity contribution in [2.45, 2.75) is 6.42 Å². The minimum Gasteiger partial charge on any atom is -0.469 e. The van der Waals surface area contributed by atoms with E-state index in [1.807, 2.05) is 4.90 Å². The number of amides is 1. The molecule has 1 saturated heterocycles. The fraction of sp³-hybridized carbons (Fsp3) is 0.429. The van der Waals surface area contributed by atoms with Gasteiger partial charge in [-0.15, -0.1) is 0 Å². The molecule has 1 heterocycles. The Labute approximate surface area is 127 Å². The first-order valence-electron chi connectivity index (χ1n) is 6.85. The summed E-state index contributed by atoms with van der Waals surface area (Å²) in [6, 6.07) is 6.32. The van der Waals surface area contributed by atoms with Crippen molar-refractivity contribution in [2.75, 3.05) is 38.2 Å². The third kappa shape index (κ3) is 3.72. The number of non-ortho nitro benzene ring substituents is 1. The summed E-state index contributed by atoms with van der Waals surface area (Å²) in [6.07, 6.45) is -0.242. The zero-order chi connectivity index (χ0) is 16.1. The number of nitro groups is 1. The Morgan fingerprint density at radius 1 is 1.18 bits per heavy atom. The number of hydrogen-bond donors (Lipinski definition) is 0. The van der Waals surface area contributed by atoms with E-state index < -0.39 is 10.9 Å². The first-order valence-corrected chi connectivity index (χ1v) is 6.85. The molecule has 0 atom stereocenters. The number of ether oxygens (including phenoxy) is 1. The van der Waals surface area contributed by atoms with Crippen molar-refractivity contribution < 1.29 is 19.2 Å². The van der Waals surface area contributed by atoms with E-state index >= 15 is 0 Å². The average molecular weight is 307 g/mol. The van der Waals surface area contributed by atoms with Crippen molar-refractivity contribution in [3.8, 4) is 0 Å². The maximum Gasteiger partial charge on any atom is 0.315 e. The van der Waals surface area contributed by atoms with Crippen LogP contribution in [0.25, 0.3) is 0 Å². The van der Waals surface area contributed by atoms with E-state index in [-0.39, 0.29) is 18.0 Å². The van der Waals surface area contributed by atoms with E-state index in [1.165, 1.54) is 19.2 Å². The summed E-state index contributed by atoms with van der Waals surface area (Å²) in [6.45, 7) is 2.25. The molecule has 1 aliphatic heterocycles. The highest BCUT2D eigenvalue weighted by atomic mass is 16.6. The molecular weight excluding hydrogens is 290 g/mol. The number of anilines is 1. The summed E-state index contributed by atoms with van der Waals surface area (Å²) < 4.78 is 4.48. The highest BCUT2D eigenvalue weighted by molar-refractivity contribution is 5.94. The number of carbonyl (C=O) groups is 2. The van der Waals surface area contributed by atoms with Gasteiger partial charge in [0.05, 0.1) is 12.0 Å². The number of benzene rings is 1. The third-order valence-electron chi connectivity index (χ3n) is 3.58. The van der Waals surface area contributed by atoms with Gasteiger partial charge in [-0.25, -0.2) is 0 Å². The highest BCUT2D eigenvalue weighted by Crippen LogP contribution is 2.20. The molecule has 0 spiro atoms. The molecular formula is C14H17N3O5. The lowest BCUT2D eigenvalue weighted by molar-refractivity contribution is -0.384. The molecule has 8 heteroatoms. The Balaban J connectivity index is 1.90. The quantitative estimate of drug-likeness (QED) is 0.354. The van der Waals surface area contributed by atoms with E-state index in [2.05, 4.69) is 4.74 Å². The van der Waals surface area contributed by atoms with Crippen LogP contribution in [0.15, 0.2) is 24.3 Å². The molecule has 118 valence electrons. The van der Waals surface area contributed by atoms with Crippen LogP contribution in [-0.2, 0) is 14.3 Å². The normalized spacial score (nSPS) is 14.6. The van der Waals surface area contributed by atoms with Crippen molar-refractivity contribution >= 4 is 23.3 Å². The third-order valence-corrected chi connectivity index (χ3v) is 3.58. The summed E-state index contributed by atoms with van der Waals surface area (Å²) in [7, 11) is 1.25. The number of esters is 1. The monoisotopic (exact) mass is 307 g/mol. The van der Waals surface area contributed by atoms with Crippen LogP contribution in [0.4, 0.5) is 11.4 Å². The number of rotatable bonds is 4. The van der Waals surface area contributed by atoms with Crippen molar-refractivity contribution in [3.05, 3.63) is 34.4 Å². The first-order chi connectivity index (χ1) is 10.5. The van der Waals surface area contributed by atoms with E-state index in [4.69, 9.17) is 0 Å². The second kappa shape index (κ2) is 6.88. The standard InChI is InChI=1S/C14H17N3O5/c1-22-14(19)10-13(18)16-8-6-15(7-9-16)11-2-4-12(5-3-11)17(20)21/h2-5H,6-10H2,1H3. The van der Waals surface area contributed by atoms with Crippen molar-refractivity contribution in [1.82, 2.24) is 4.90 Å². The summed E-state index contributed by atoms with van der Waals surface area (Å²) in [5, 5.41) is 10.6. The number of piperazine rings is 1. The largest absolute Gasteiger partial charge is 0.469 e. The second-order valence-electron chi connectivity index (χ2n) is 4.89. The molecule has 1 aromatic carbocycles. The minimum atomic E-state index is -0.539. The number of nitro benzene ring substituents is 1. The fourth-order valence-corrected chi connectivity index (χ4v) is 2.31. The van der Waals surface area contributed by atoms with Crippen LogP contribution in [0, 0.1) is 10.1 Å². The molecule has 1 fully saturated rings. The maximum atomic E-state index is 11.9. The Morgan fingerprint density at radius 3 is 2.27 bits per heavy atom. The first kappa shape index (κ1) is 15.7. The van der Waals surface area contributed by atoms with Gasteiger partial charge in [-0.05, 0) is 12.1 Å². The van der Waals surface area contributed by atoms with Crippen LogP contribution in [0.5, 0.6) is 0 Å². The number of methoxy groups -OCH3 is 1. The molecule has 22 heavy (non-hydrogen) atoms. The van der Waals surface area contributed by atoms with Gasteiger partial charge in [0.1, 0.15) is 6.42 Å². The summed E-state index contributed by atoms with van der Waals surface area (Å²) in [4.78, 5) is 36.8. The topological polar surface area (TPSA) is 93.0 Å². The molecule has 1 aliphatic rings. The van der Waals surface area contributed by atoms with Gasteiger partial charge in [0.15, 0.2) is 0 Å². The van der Waals surface area contributed by atoms with Crippen molar-refractivity contribution in [1.29, 1.82) is 0 Å². The van der Waals surface area contributed by atoms with Crippen LogP contribution in [0.3, 0.4) is 0 Å². The van der Waals surface area contributed by atoms with Gasteiger partial charge in [-0.3, -0.25) is 19.7 Å². The average Bonchev–Trinajstić information content (AvgIpc) is 2.55. The summed E-state index contributed by atoms with van der Waals surface area (Å²) >= 11 is 0. The molecule has 0 bridgehead atoms. The molecule has 0 aliphatic carbocycles. The molecule has 1 aromatic rings. The van der Waals surface area contributed by atoms with E-state index in [9.17, 15) is 19.7 Å². The van der Waals surface area contributed by atoms with Gasteiger partial charge >= 0.3 is 5.97 Å². The van der Waals surface area contributed by atoms with Gasteiger partial charge in [0.25, 0.3) is 5.69 Å². The molecule has 8 nitrogen and oxygen atoms in total. The Kier molecular flexibility index (Phi) is 4.92. The summed E-state index contributed by atoms with van der Waals surface area (Å²) in [5.74, 6) is -0.780. The van der Waals surface area contributed by atoms with Crippen LogP contribution >= 0.6 is 0 Å². The zero-order valence-electron chi connectivity index (χ0n) is 12.2. The van der Waals surface area contributed by atoms with Gasteiger partial charge in [0.2, 0.25) is 5.91 Å². The van der Waals surface area contributed by atoms with Gasteiger partial charge in [-0.2, -0.15) is 0 Å². The maximum absolute atomic E-state index is 11.9. The fourth-order valence-electron chi connectivity index (χ4n) is 2.31. The molecule has 0 unspecified atom stereocenters. The van der Waals surface area contributed by atoms with Crippen molar-refractivity contribution in [3.63, 3.8) is 0 Å². The van der Waals surface area contributed by atoms with Crippen LogP contribution in [0.2, 0.25) is 0 Å². The predicted octanol–water partition coefficient (Wildman–Crippen LogP) is 0.806. The second-order valence-corrected chi connectivity index (χ2v) is 4.89. The molecule has 2 rings (SSSR count). The lowest BCUT2D eigenvalue weighted by Crippen LogP contribution is -2.49. The molecule has 0 aromatic heterocycles. The lowest BCUT2D eigenvalue weighted by Gasteiger charge is -2.36. The molecule has 0 N–H and O–H groups in total. The minimum absolute atomic E-state index is 0.0515. The van der Waals surface area contributed by atoms with E-state index in [1.54, 1.807) is 17.0 Å². The van der Waals surface area contributed by atoms with Crippen molar-refractivity contribution in [2.24, 2.45) is 0 Å². The molecule has 0 radical (unpaired) electrons. The number of carbonyl (C=O) groups excluding carboxylic acids is 2. The Morgan fingerprint density at radius 2 is 1.77 bits per heavy atom. The number of nitrogens with zero attached hydrogens (tertiary/aromatic N) is 3. The molecule has 0 saturated carbocycles. The Hall–Kier alpha value is -2.64. The van der Waals surface area contributed by atoms with Gasteiger partial charge in [-0.1, -0.05) is 0 Å². The summed E-state index contributed by atoms with van der Waals surface area (Å²) in [5.41, 5.74) is 0.932. The lowest BCUT2D eigenvalue weighted by atomic mass is 10.2. The van der Waals surface area contributed by atoms with Crippen LogP contribution < -0.4 is 4.90 Å². The highest BCUT2D eigenvalue weighted by Gasteiger charge is 2.23. The van der Waals surface area contributed by atoms with Crippen LogP contribution in [-0.4, -0.2) is 55.0 Å². The molecule has 1 amide bonds. The van der Waals surface area contributed by atoms with Gasteiger partial charge in [0, 0.05) is 44.0 Å². The Bertz CT molecular complexity index is 564. The number of hydrogen-bond acceptors (Lipinski definition) is 6. The smallest absolute Gasteiger partial charge is 0.315 e. The predicted molar refractivity (Wildman–Crippen MR) is 78.5 cm³/mol. The van der Waals surface area contributed by atoms with Gasteiger partial charge < -0.3 is 14.5 Å². The van der Waals surface area contributed by atoms with E-state index in [0.717, 1.165) is 5.69 Å². The SMILES string of the molecule is COC(=O)CC(=O)N1CCN(c2ccc([N+](=O)[O-])cc2)CC1. The van der Waals surface area contributed by atoms with Crippen LogP contribution in [0.1, 0.15) is 6.42 Å². The zero-order valence-corrected chi connectivity index (χ0v) is 12.2. The van der Waals surface area contributed by atoms with E-state index in [0.29, 0.717) is 26.2 Å².